The van der Waals surface area contributed by atoms with Crippen LogP contribution in [0.2, 0.25) is 0 Å². The second-order valence-corrected chi connectivity index (χ2v) is 2.86. The van der Waals surface area contributed by atoms with E-state index in [1.54, 1.807) is 0 Å². The van der Waals surface area contributed by atoms with Gasteiger partial charge in [-0.25, -0.2) is 9.75 Å². The molecule has 0 saturated carbocycles. The van der Waals surface area contributed by atoms with Gasteiger partial charge in [0.15, 0.2) is 0 Å². The molecule has 1 amide bonds. The van der Waals surface area contributed by atoms with Gasteiger partial charge >= 0.3 is 6.55 Å². The molecule has 0 aliphatic carbocycles. The summed E-state index contributed by atoms with van der Waals surface area (Å²) in [6.45, 7) is -2.69. The van der Waals surface area contributed by atoms with Gasteiger partial charge in [0.1, 0.15) is 0 Å². The number of nitrogens with zero attached hydrogens (tertiary/aromatic N) is 3. The summed E-state index contributed by atoms with van der Waals surface area (Å²) in [6.07, 6.45) is 2.34. The molecule has 0 aliphatic heterocycles. The molecule has 0 spiro atoms. The van der Waals surface area contributed by atoms with Gasteiger partial charge in [-0.1, -0.05) is 0 Å². The zero-order chi connectivity index (χ0) is 11.4. The lowest BCUT2D eigenvalue weighted by molar-refractivity contribution is -0.167. The van der Waals surface area contributed by atoms with Crippen LogP contribution in [0.25, 0.3) is 0 Å². The molecule has 0 bridgehead atoms. The molecule has 0 unspecified atom stereocenters. The van der Waals surface area contributed by atoms with E-state index in [9.17, 15) is 13.6 Å². The minimum atomic E-state index is -2.69. The Balaban J connectivity index is 2.61. The molecule has 0 atom stereocenters. The quantitative estimate of drug-likeness (QED) is 0.705. The lowest BCUT2D eigenvalue weighted by Gasteiger charge is -2.12. The molecule has 15 heavy (non-hydrogen) atoms. The van der Waals surface area contributed by atoms with E-state index in [0.29, 0.717) is 10.2 Å². The van der Waals surface area contributed by atoms with E-state index < -0.39 is 6.55 Å². The number of hydroxylamine groups is 2. The standard InChI is InChI=1S/C8H11F2N3O2/c1-12(15-2)7(14)3-6-4-11-13(5-6)8(9)10/h4-5,8H,3H2,1-2H3. The Morgan fingerprint density at radius 2 is 2.40 bits per heavy atom. The van der Waals surface area contributed by atoms with Crippen LogP contribution in [-0.4, -0.2) is 34.9 Å². The van der Waals surface area contributed by atoms with Crippen molar-refractivity contribution in [3.8, 4) is 0 Å². The summed E-state index contributed by atoms with van der Waals surface area (Å²) in [5.41, 5.74) is 0.421. The summed E-state index contributed by atoms with van der Waals surface area (Å²) in [7, 11) is 2.79. The number of hydrogen-bond donors (Lipinski definition) is 0. The average Bonchev–Trinajstić information content (AvgIpc) is 2.65. The molecule has 84 valence electrons. The van der Waals surface area contributed by atoms with Crippen molar-refractivity contribution in [3.05, 3.63) is 18.0 Å². The molecule has 0 radical (unpaired) electrons. The van der Waals surface area contributed by atoms with Crippen LogP contribution >= 0.6 is 0 Å². The Kier molecular flexibility index (Phi) is 3.73. The van der Waals surface area contributed by atoms with Crippen LogP contribution in [0.5, 0.6) is 0 Å². The van der Waals surface area contributed by atoms with Gasteiger partial charge in [0.25, 0.3) is 0 Å². The summed E-state index contributed by atoms with van der Waals surface area (Å²) in [6, 6.07) is 0. The largest absolute Gasteiger partial charge is 0.333 e. The van der Waals surface area contributed by atoms with Crippen LogP contribution in [0, 0.1) is 0 Å². The monoisotopic (exact) mass is 219 g/mol. The maximum absolute atomic E-state index is 12.1. The van der Waals surface area contributed by atoms with Crippen molar-refractivity contribution >= 4 is 5.91 Å². The van der Waals surface area contributed by atoms with E-state index in [1.165, 1.54) is 20.4 Å². The van der Waals surface area contributed by atoms with Gasteiger partial charge in [0, 0.05) is 13.2 Å². The van der Waals surface area contributed by atoms with Crippen LogP contribution in [0.1, 0.15) is 12.1 Å². The Hall–Kier alpha value is -1.50. The van der Waals surface area contributed by atoms with Gasteiger partial charge in [0.05, 0.1) is 19.7 Å². The van der Waals surface area contributed by atoms with Crippen LogP contribution in [0.3, 0.4) is 0 Å². The molecule has 0 aliphatic rings. The van der Waals surface area contributed by atoms with Crippen molar-refractivity contribution in [2.75, 3.05) is 14.2 Å². The van der Waals surface area contributed by atoms with Crippen molar-refractivity contribution in [3.63, 3.8) is 0 Å². The molecule has 0 fully saturated rings. The predicted octanol–water partition coefficient (Wildman–Crippen LogP) is 0.840. The Morgan fingerprint density at radius 1 is 1.73 bits per heavy atom. The van der Waals surface area contributed by atoms with Crippen molar-refractivity contribution in [2.45, 2.75) is 13.0 Å². The third-order valence-corrected chi connectivity index (χ3v) is 1.84. The molecule has 1 heterocycles. The molecule has 0 aromatic carbocycles. The average molecular weight is 219 g/mol. The van der Waals surface area contributed by atoms with Crippen molar-refractivity contribution in [2.24, 2.45) is 0 Å². The first-order chi connectivity index (χ1) is 7.04. The van der Waals surface area contributed by atoms with E-state index in [1.807, 2.05) is 0 Å². The molecular formula is C8H11F2N3O2. The number of carbonyl (C=O) groups excluding carboxylic acids is 1. The minimum absolute atomic E-state index is 0.0168. The van der Waals surface area contributed by atoms with Crippen molar-refractivity contribution < 1.29 is 18.4 Å². The van der Waals surface area contributed by atoms with Gasteiger partial charge in [-0.15, -0.1) is 0 Å². The topological polar surface area (TPSA) is 47.4 Å². The third-order valence-electron chi connectivity index (χ3n) is 1.84. The number of alkyl halides is 2. The number of amides is 1. The van der Waals surface area contributed by atoms with E-state index in [0.717, 1.165) is 11.3 Å². The van der Waals surface area contributed by atoms with Gasteiger partial charge < -0.3 is 0 Å². The molecular weight excluding hydrogens is 208 g/mol. The van der Waals surface area contributed by atoms with Gasteiger partial charge in [-0.3, -0.25) is 9.63 Å². The first-order valence-electron chi connectivity index (χ1n) is 4.16. The van der Waals surface area contributed by atoms with E-state index in [4.69, 9.17) is 0 Å². The van der Waals surface area contributed by atoms with Gasteiger partial charge in [-0.05, 0) is 5.56 Å². The van der Waals surface area contributed by atoms with E-state index in [-0.39, 0.29) is 12.3 Å². The van der Waals surface area contributed by atoms with E-state index in [2.05, 4.69) is 9.94 Å². The fourth-order valence-electron chi connectivity index (χ4n) is 0.963. The molecule has 1 rings (SSSR count). The molecule has 0 N–H and O–H groups in total. The summed E-state index contributed by atoms with van der Waals surface area (Å²) in [5.74, 6) is -0.327. The zero-order valence-corrected chi connectivity index (χ0v) is 8.35. The summed E-state index contributed by atoms with van der Waals surface area (Å²) in [4.78, 5) is 15.9. The van der Waals surface area contributed by atoms with Crippen LogP contribution in [-0.2, 0) is 16.1 Å². The first kappa shape index (κ1) is 11.6. The smallest absolute Gasteiger partial charge is 0.275 e. The highest BCUT2D eigenvalue weighted by Crippen LogP contribution is 2.10. The van der Waals surface area contributed by atoms with Gasteiger partial charge in [-0.2, -0.15) is 13.9 Å². The van der Waals surface area contributed by atoms with Crippen LogP contribution in [0.4, 0.5) is 8.78 Å². The fourth-order valence-corrected chi connectivity index (χ4v) is 0.963. The number of carbonyl (C=O) groups is 1. The second-order valence-electron chi connectivity index (χ2n) is 2.86. The first-order valence-corrected chi connectivity index (χ1v) is 4.16. The molecule has 1 aromatic rings. The van der Waals surface area contributed by atoms with Crippen LogP contribution < -0.4 is 0 Å². The van der Waals surface area contributed by atoms with Gasteiger partial charge in [0.2, 0.25) is 5.91 Å². The summed E-state index contributed by atoms with van der Waals surface area (Å²) in [5, 5.41) is 4.44. The zero-order valence-electron chi connectivity index (χ0n) is 8.35. The van der Waals surface area contributed by atoms with Crippen molar-refractivity contribution in [1.82, 2.24) is 14.8 Å². The molecule has 7 heteroatoms. The normalized spacial score (nSPS) is 10.7. The number of rotatable bonds is 4. The molecule has 1 aromatic heterocycles. The highest BCUT2D eigenvalue weighted by molar-refractivity contribution is 5.77. The number of aromatic nitrogens is 2. The second kappa shape index (κ2) is 4.83. The lowest BCUT2D eigenvalue weighted by atomic mass is 10.2. The highest BCUT2D eigenvalue weighted by Gasteiger charge is 2.12. The lowest BCUT2D eigenvalue weighted by Crippen LogP contribution is -2.26. The van der Waals surface area contributed by atoms with Crippen molar-refractivity contribution in [1.29, 1.82) is 0 Å². The predicted molar refractivity (Wildman–Crippen MR) is 47.0 cm³/mol. The number of halogens is 2. The fraction of sp³-hybridized carbons (Fsp3) is 0.500. The Labute approximate surface area is 85.2 Å². The molecule has 5 nitrogen and oxygen atoms in total. The Morgan fingerprint density at radius 3 is 2.87 bits per heavy atom. The maximum atomic E-state index is 12.1. The SMILES string of the molecule is CON(C)C(=O)Cc1cnn(C(F)F)c1. The Bertz CT molecular complexity index is 340. The third kappa shape index (κ3) is 2.98. The number of likely N-dealkylation sites (N-methyl/N-ethyl adjacent to an activating group) is 1. The number of hydrogen-bond acceptors (Lipinski definition) is 3. The maximum Gasteiger partial charge on any atom is 0.333 e. The highest BCUT2D eigenvalue weighted by atomic mass is 19.3. The minimum Gasteiger partial charge on any atom is -0.275 e. The summed E-state index contributed by atoms with van der Waals surface area (Å²) < 4.78 is 24.7. The van der Waals surface area contributed by atoms with Crippen LogP contribution in [0.15, 0.2) is 12.4 Å². The molecule has 0 saturated heterocycles. The van der Waals surface area contributed by atoms with E-state index >= 15 is 0 Å². The summed E-state index contributed by atoms with van der Waals surface area (Å²) >= 11 is 0.